The number of carbonyl (C=O) groups is 2. The van der Waals surface area contributed by atoms with E-state index in [2.05, 4.69) is 6.92 Å². The fourth-order valence-corrected chi connectivity index (χ4v) is 9.32. The van der Waals surface area contributed by atoms with Gasteiger partial charge in [-0.1, -0.05) is 91.2 Å². The second-order valence-corrected chi connectivity index (χ2v) is 16.3. The van der Waals surface area contributed by atoms with Crippen LogP contribution in [0.5, 0.6) is 0 Å². The first-order valence-electron chi connectivity index (χ1n) is 17.5. The standard InChI is InChI=1S/C37H60O8/c1-9-10-11-12-13-14-15-16-17-18-27(39)45-36-21-24(3)35-20-23(2)31(44-32(42)33(4,5)6)37(35,43)29(40)25(22-38)19-26(30(35)41)28(36)34(36,7)8/h19-20,24,26,28-31,38,40-41,43H,9-18,21-22H2,1-8H3/t24-,26+,28-,29-,30?,31+,35+,36+,37+/m1/s1. The van der Waals surface area contributed by atoms with Gasteiger partial charge in [-0.2, -0.15) is 0 Å². The van der Waals surface area contributed by atoms with E-state index in [0.717, 1.165) is 19.3 Å². The molecule has 0 heterocycles. The molecule has 1 spiro atoms. The highest BCUT2D eigenvalue weighted by Gasteiger charge is 2.83. The summed E-state index contributed by atoms with van der Waals surface area (Å²) in [7, 11) is 0. The Hall–Kier alpha value is -1.74. The van der Waals surface area contributed by atoms with Gasteiger partial charge in [-0.05, 0) is 57.6 Å². The Morgan fingerprint density at radius 2 is 1.58 bits per heavy atom. The number of aliphatic hydroxyl groups is 4. The van der Waals surface area contributed by atoms with Gasteiger partial charge in [-0.25, -0.2) is 0 Å². The van der Waals surface area contributed by atoms with Gasteiger partial charge in [0.05, 0.1) is 23.5 Å². The summed E-state index contributed by atoms with van der Waals surface area (Å²) in [6.07, 6.45) is 10.5. The van der Waals surface area contributed by atoms with Gasteiger partial charge in [0.2, 0.25) is 0 Å². The van der Waals surface area contributed by atoms with E-state index < -0.39 is 70.2 Å². The summed E-state index contributed by atoms with van der Waals surface area (Å²) < 4.78 is 12.4. The lowest BCUT2D eigenvalue weighted by Gasteiger charge is -2.52. The normalized spacial score (nSPS) is 38.2. The number of unbranched alkanes of at least 4 members (excludes halogenated alkanes) is 8. The number of esters is 2. The van der Waals surface area contributed by atoms with Crippen molar-refractivity contribution in [2.24, 2.45) is 34.0 Å². The molecule has 0 saturated heterocycles. The molecule has 8 nitrogen and oxygen atoms in total. The van der Waals surface area contributed by atoms with E-state index >= 15 is 0 Å². The van der Waals surface area contributed by atoms with Gasteiger partial charge >= 0.3 is 11.9 Å². The first-order valence-corrected chi connectivity index (χ1v) is 17.5. The van der Waals surface area contributed by atoms with Crippen LogP contribution in [-0.4, -0.2) is 68.5 Å². The van der Waals surface area contributed by atoms with Crippen molar-refractivity contribution in [3.05, 3.63) is 23.3 Å². The SMILES string of the molecule is CCCCCCCCCCCC(=O)O[C@@]12C[C@@H](C)[C@]34C=C(C)[C@H](OC(=O)C(C)(C)C)[C@@]3(O)[C@H](O)C(CO)=C[C@H](C4O)[C@@H]1C2(C)C. The molecule has 0 aliphatic heterocycles. The number of carbonyl (C=O) groups excluding carboxylic acids is 2. The molecule has 2 fully saturated rings. The average molecular weight is 633 g/mol. The van der Waals surface area contributed by atoms with Crippen molar-refractivity contribution in [1.82, 2.24) is 0 Å². The van der Waals surface area contributed by atoms with Gasteiger partial charge < -0.3 is 29.9 Å². The molecular weight excluding hydrogens is 572 g/mol. The van der Waals surface area contributed by atoms with Crippen molar-refractivity contribution in [2.45, 2.75) is 156 Å². The summed E-state index contributed by atoms with van der Waals surface area (Å²) >= 11 is 0. The molecule has 4 rings (SSSR count). The number of aliphatic hydroxyl groups excluding tert-OH is 3. The largest absolute Gasteiger partial charge is 0.458 e. The summed E-state index contributed by atoms with van der Waals surface area (Å²) in [5.74, 6) is -2.21. The van der Waals surface area contributed by atoms with Crippen LogP contribution in [0.4, 0.5) is 0 Å². The molecule has 2 saturated carbocycles. The third-order valence-corrected chi connectivity index (χ3v) is 11.9. The lowest BCUT2D eigenvalue weighted by atomic mass is 9.58. The molecule has 9 atom stereocenters. The first kappa shape index (κ1) is 36.1. The van der Waals surface area contributed by atoms with Gasteiger partial charge in [0.15, 0.2) is 6.10 Å². The summed E-state index contributed by atoms with van der Waals surface area (Å²) in [4.78, 5) is 26.5. The van der Waals surface area contributed by atoms with Crippen LogP contribution in [0.1, 0.15) is 126 Å². The van der Waals surface area contributed by atoms with E-state index in [9.17, 15) is 30.0 Å². The molecule has 4 aliphatic rings. The Bertz CT molecular complexity index is 1170. The maximum Gasteiger partial charge on any atom is 0.311 e. The van der Waals surface area contributed by atoms with Crippen molar-refractivity contribution in [1.29, 1.82) is 0 Å². The van der Waals surface area contributed by atoms with E-state index in [1.807, 2.05) is 20.8 Å². The zero-order valence-electron chi connectivity index (χ0n) is 29.0. The van der Waals surface area contributed by atoms with Crippen molar-refractivity contribution < 1.29 is 39.5 Å². The molecule has 4 aliphatic carbocycles. The molecule has 2 bridgehead atoms. The van der Waals surface area contributed by atoms with Crippen LogP contribution in [0.2, 0.25) is 0 Å². The Balaban J connectivity index is 1.60. The molecule has 0 aromatic rings. The molecule has 4 N–H and O–H groups in total. The minimum atomic E-state index is -2.15. The van der Waals surface area contributed by atoms with E-state index in [1.54, 1.807) is 39.8 Å². The van der Waals surface area contributed by atoms with E-state index in [4.69, 9.17) is 9.47 Å². The zero-order chi connectivity index (χ0) is 33.6. The molecular formula is C37H60O8. The van der Waals surface area contributed by atoms with E-state index in [-0.39, 0.29) is 17.5 Å². The van der Waals surface area contributed by atoms with Crippen LogP contribution in [0.25, 0.3) is 0 Å². The maximum absolute atomic E-state index is 13.4. The molecule has 0 radical (unpaired) electrons. The number of hydrogen-bond donors (Lipinski definition) is 4. The second kappa shape index (κ2) is 13.0. The van der Waals surface area contributed by atoms with Crippen molar-refractivity contribution in [3.63, 3.8) is 0 Å². The highest BCUT2D eigenvalue weighted by atomic mass is 16.6. The summed E-state index contributed by atoms with van der Waals surface area (Å²) in [5.41, 5.74) is -5.13. The minimum Gasteiger partial charge on any atom is -0.458 e. The topological polar surface area (TPSA) is 134 Å². The predicted octanol–water partition coefficient (Wildman–Crippen LogP) is 5.79. The van der Waals surface area contributed by atoms with E-state index in [0.29, 0.717) is 18.4 Å². The quantitative estimate of drug-likeness (QED) is 0.114. The van der Waals surface area contributed by atoms with Gasteiger partial charge in [-0.15, -0.1) is 0 Å². The molecule has 8 heteroatoms. The lowest BCUT2D eigenvalue weighted by Crippen LogP contribution is -2.67. The zero-order valence-corrected chi connectivity index (χ0v) is 29.0. The molecule has 0 amide bonds. The van der Waals surface area contributed by atoms with Gasteiger partial charge in [0, 0.05) is 23.7 Å². The number of hydrogen-bond acceptors (Lipinski definition) is 8. The Morgan fingerprint density at radius 1 is 1.00 bits per heavy atom. The van der Waals surface area contributed by atoms with Gasteiger partial charge in [0.25, 0.3) is 0 Å². The van der Waals surface area contributed by atoms with Crippen LogP contribution in [-0.2, 0) is 19.1 Å². The van der Waals surface area contributed by atoms with Crippen LogP contribution < -0.4 is 0 Å². The molecule has 1 unspecified atom stereocenters. The molecule has 0 aromatic carbocycles. The molecule has 256 valence electrons. The van der Waals surface area contributed by atoms with E-state index in [1.165, 1.54) is 38.5 Å². The number of fused-ring (bicyclic) bond motifs is 3. The van der Waals surface area contributed by atoms with Gasteiger partial charge in [-0.3, -0.25) is 9.59 Å². The third kappa shape index (κ3) is 5.84. The third-order valence-electron chi connectivity index (χ3n) is 11.9. The first-order chi connectivity index (χ1) is 21.0. The predicted molar refractivity (Wildman–Crippen MR) is 173 cm³/mol. The van der Waals surface area contributed by atoms with Crippen LogP contribution in [0.15, 0.2) is 23.3 Å². The number of ether oxygens (including phenoxy) is 2. The number of rotatable bonds is 13. The van der Waals surface area contributed by atoms with Crippen molar-refractivity contribution in [3.8, 4) is 0 Å². The van der Waals surface area contributed by atoms with Gasteiger partial charge in [0.1, 0.15) is 17.3 Å². The van der Waals surface area contributed by atoms with Crippen LogP contribution in [0, 0.1) is 34.0 Å². The second-order valence-electron chi connectivity index (χ2n) is 16.3. The Labute approximate surface area is 270 Å². The van der Waals surface area contributed by atoms with Crippen molar-refractivity contribution >= 4 is 11.9 Å². The Kier molecular flexibility index (Phi) is 10.5. The average Bonchev–Trinajstić information content (AvgIpc) is 3.35. The van der Waals surface area contributed by atoms with Crippen LogP contribution >= 0.6 is 0 Å². The minimum absolute atomic E-state index is 0.162. The molecule has 45 heavy (non-hydrogen) atoms. The summed E-state index contributed by atoms with van der Waals surface area (Å²) in [6, 6.07) is 0. The fourth-order valence-electron chi connectivity index (χ4n) is 9.32. The monoisotopic (exact) mass is 632 g/mol. The smallest absolute Gasteiger partial charge is 0.311 e. The van der Waals surface area contributed by atoms with Crippen LogP contribution in [0.3, 0.4) is 0 Å². The highest BCUT2D eigenvalue weighted by Crippen LogP contribution is 2.76. The highest BCUT2D eigenvalue weighted by molar-refractivity contribution is 5.76. The summed E-state index contributed by atoms with van der Waals surface area (Å²) in [5, 5.41) is 47.3. The fraction of sp³-hybridized carbons (Fsp3) is 0.838. The maximum atomic E-state index is 13.4. The lowest BCUT2D eigenvalue weighted by molar-refractivity contribution is -0.228. The summed E-state index contributed by atoms with van der Waals surface area (Å²) in [6.45, 7) is 14.6. The molecule has 0 aromatic heterocycles. The Morgan fingerprint density at radius 3 is 2.13 bits per heavy atom. The van der Waals surface area contributed by atoms with Crippen molar-refractivity contribution in [2.75, 3.05) is 6.61 Å².